The fourth-order valence-electron chi connectivity index (χ4n) is 2.21. The topological polar surface area (TPSA) is 105 Å². The van der Waals surface area contributed by atoms with Crippen molar-refractivity contribution in [3.05, 3.63) is 30.1 Å². The Morgan fingerprint density at radius 2 is 2.00 bits per heavy atom. The van der Waals surface area contributed by atoms with Gasteiger partial charge in [0.2, 0.25) is 5.95 Å². The maximum Gasteiger partial charge on any atom is 0.433 e. The molecule has 0 amide bonds. The van der Waals surface area contributed by atoms with Crippen LogP contribution < -0.4 is 16.0 Å². The minimum Gasteiger partial charge on any atom is -0.355 e. The summed E-state index contributed by atoms with van der Waals surface area (Å²) in [5, 5.41) is 16.8. The number of nitrogens with zero attached hydrogens (tertiary/aromatic N) is 6. The van der Waals surface area contributed by atoms with Crippen molar-refractivity contribution < 1.29 is 13.2 Å². The summed E-state index contributed by atoms with van der Waals surface area (Å²) in [4.78, 5) is 11.3. The van der Waals surface area contributed by atoms with Crippen LogP contribution in [0.4, 0.5) is 19.1 Å². The first-order valence-electron chi connectivity index (χ1n) is 8.39. The molecule has 2 aromatic rings. The number of halogens is 3. The third kappa shape index (κ3) is 6.38. The van der Waals surface area contributed by atoms with Gasteiger partial charge in [-0.3, -0.25) is 4.99 Å². The molecule has 9 nitrogen and oxygen atoms in total. The van der Waals surface area contributed by atoms with Crippen LogP contribution in [0.3, 0.4) is 0 Å². The molecule has 0 spiro atoms. The number of hydrogen-bond donors (Lipinski definition) is 3. The molecule has 0 saturated carbocycles. The van der Waals surface area contributed by atoms with Crippen LogP contribution in [0.15, 0.2) is 23.6 Å². The van der Waals surface area contributed by atoms with Gasteiger partial charge in [0.15, 0.2) is 5.96 Å². The molecule has 0 aliphatic rings. The van der Waals surface area contributed by atoms with Crippen LogP contribution >= 0.6 is 0 Å². The summed E-state index contributed by atoms with van der Waals surface area (Å²) in [5.74, 6) is 1.41. The van der Waals surface area contributed by atoms with Crippen LogP contribution in [0.1, 0.15) is 18.4 Å². The quantitative estimate of drug-likeness (QED) is 0.353. The van der Waals surface area contributed by atoms with Gasteiger partial charge in [-0.2, -0.15) is 13.2 Å². The average molecular weight is 385 g/mol. The van der Waals surface area contributed by atoms with Gasteiger partial charge in [0.25, 0.3) is 0 Å². The summed E-state index contributed by atoms with van der Waals surface area (Å²) in [7, 11) is 1.63. The number of aromatic nitrogens is 5. The molecule has 3 N–H and O–H groups in total. The predicted molar refractivity (Wildman–Crippen MR) is 94.3 cm³/mol. The number of hydrogen-bond acceptors (Lipinski definition) is 6. The number of guanidine groups is 1. The Hall–Kier alpha value is -2.92. The van der Waals surface area contributed by atoms with Gasteiger partial charge < -0.3 is 20.5 Å². The lowest BCUT2D eigenvalue weighted by atomic mass is 10.4. The Bertz CT molecular complexity index is 742. The van der Waals surface area contributed by atoms with E-state index in [9.17, 15) is 13.2 Å². The van der Waals surface area contributed by atoms with Crippen molar-refractivity contribution in [3.63, 3.8) is 0 Å². The molecule has 148 valence electrons. The second-order valence-electron chi connectivity index (χ2n) is 5.41. The van der Waals surface area contributed by atoms with E-state index in [1.54, 1.807) is 13.4 Å². The summed E-state index contributed by atoms with van der Waals surface area (Å²) >= 11 is 0. The van der Waals surface area contributed by atoms with E-state index in [-0.39, 0.29) is 5.95 Å². The van der Waals surface area contributed by atoms with Crippen LogP contribution in [0.25, 0.3) is 0 Å². The number of anilines is 1. The van der Waals surface area contributed by atoms with Gasteiger partial charge in [-0.05, 0) is 6.07 Å². The van der Waals surface area contributed by atoms with Gasteiger partial charge in [-0.15, -0.1) is 10.2 Å². The molecule has 27 heavy (non-hydrogen) atoms. The molecule has 0 radical (unpaired) electrons. The lowest BCUT2D eigenvalue weighted by Crippen LogP contribution is -2.40. The molecule has 0 fully saturated rings. The number of rotatable bonds is 8. The van der Waals surface area contributed by atoms with E-state index in [2.05, 4.69) is 41.1 Å². The van der Waals surface area contributed by atoms with Crippen molar-refractivity contribution in [2.45, 2.75) is 26.1 Å². The molecular weight excluding hydrogens is 363 g/mol. The van der Waals surface area contributed by atoms with Crippen LogP contribution in [0, 0.1) is 0 Å². The minimum absolute atomic E-state index is 0.0747. The molecule has 12 heteroatoms. The zero-order valence-electron chi connectivity index (χ0n) is 15.1. The van der Waals surface area contributed by atoms with Crippen LogP contribution in [0.2, 0.25) is 0 Å². The molecule has 0 aromatic carbocycles. The third-order valence-electron chi connectivity index (χ3n) is 3.53. The molecule has 0 saturated heterocycles. The molecule has 2 heterocycles. The van der Waals surface area contributed by atoms with Gasteiger partial charge in [0.1, 0.15) is 17.8 Å². The highest BCUT2D eigenvalue weighted by atomic mass is 19.4. The number of alkyl halides is 3. The van der Waals surface area contributed by atoms with E-state index in [0.29, 0.717) is 32.1 Å². The van der Waals surface area contributed by atoms with Gasteiger partial charge in [0.05, 0.1) is 0 Å². The van der Waals surface area contributed by atoms with Crippen LogP contribution in [-0.2, 0) is 19.1 Å². The molecule has 0 bridgehead atoms. The van der Waals surface area contributed by atoms with E-state index >= 15 is 0 Å². The van der Waals surface area contributed by atoms with Gasteiger partial charge in [0, 0.05) is 45.8 Å². The summed E-state index contributed by atoms with van der Waals surface area (Å²) in [6.45, 7) is 4.07. The van der Waals surface area contributed by atoms with Gasteiger partial charge in [-0.25, -0.2) is 9.97 Å². The van der Waals surface area contributed by atoms with E-state index < -0.39 is 11.9 Å². The average Bonchev–Trinajstić information content (AvgIpc) is 3.10. The fourth-order valence-corrected chi connectivity index (χ4v) is 2.21. The Labute approximate surface area is 154 Å². The highest BCUT2D eigenvalue weighted by Gasteiger charge is 2.32. The van der Waals surface area contributed by atoms with Crippen LogP contribution in [0.5, 0.6) is 0 Å². The second-order valence-corrected chi connectivity index (χ2v) is 5.41. The Morgan fingerprint density at radius 3 is 2.70 bits per heavy atom. The van der Waals surface area contributed by atoms with Gasteiger partial charge in [-0.1, -0.05) is 6.92 Å². The zero-order valence-corrected chi connectivity index (χ0v) is 15.1. The lowest BCUT2D eigenvalue weighted by Gasteiger charge is -2.13. The number of aryl methyl sites for hydroxylation is 1. The first kappa shape index (κ1) is 20.4. The molecule has 0 atom stereocenters. The van der Waals surface area contributed by atoms with Crippen molar-refractivity contribution in [3.8, 4) is 0 Å². The molecular formula is C15H22F3N9. The summed E-state index contributed by atoms with van der Waals surface area (Å²) in [6, 6.07) is 0.828. The number of aliphatic imine (C=N–C) groups is 1. The highest BCUT2D eigenvalue weighted by molar-refractivity contribution is 5.79. The predicted octanol–water partition coefficient (Wildman–Crippen LogP) is 0.926. The van der Waals surface area contributed by atoms with Crippen molar-refractivity contribution in [1.82, 2.24) is 35.4 Å². The van der Waals surface area contributed by atoms with Crippen molar-refractivity contribution >= 4 is 11.9 Å². The third-order valence-corrected chi connectivity index (χ3v) is 3.53. The lowest BCUT2D eigenvalue weighted by molar-refractivity contribution is -0.141. The minimum atomic E-state index is -4.49. The first-order valence-corrected chi connectivity index (χ1v) is 8.39. The Kier molecular flexibility index (Phi) is 7.32. The van der Waals surface area contributed by atoms with E-state index in [4.69, 9.17) is 0 Å². The molecule has 0 aliphatic carbocycles. The monoisotopic (exact) mass is 385 g/mol. The SMILES string of the molecule is CCc1nncn1CCNC(=NC)NCCNc1nccc(C(F)(F)F)n1. The summed E-state index contributed by atoms with van der Waals surface area (Å²) < 4.78 is 39.8. The largest absolute Gasteiger partial charge is 0.433 e. The molecule has 2 rings (SSSR count). The standard InChI is InChI=1S/C15H22F3N9/c1-3-12-26-24-10-27(12)9-8-23-13(19-2)21-6-7-22-14-20-5-4-11(25-14)15(16,17)18/h4-5,10H,3,6-9H2,1-2H3,(H2,19,21,23)(H,20,22,25). The maximum atomic E-state index is 12.6. The van der Waals surface area contributed by atoms with E-state index in [0.717, 1.165) is 24.5 Å². The van der Waals surface area contributed by atoms with E-state index in [1.165, 1.54) is 0 Å². The Morgan fingerprint density at radius 1 is 1.22 bits per heavy atom. The number of nitrogens with one attached hydrogen (secondary N) is 3. The van der Waals surface area contributed by atoms with Gasteiger partial charge >= 0.3 is 6.18 Å². The fraction of sp³-hybridized carbons (Fsp3) is 0.533. The summed E-state index contributed by atoms with van der Waals surface area (Å²) in [5.41, 5.74) is -0.981. The molecule has 0 unspecified atom stereocenters. The molecule has 2 aromatic heterocycles. The summed E-state index contributed by atoms with van der Waals surface area (Å²) in [6.07, 6.45) is -0.945. The van der Waals surface area contributed by atoms with Crippen molar-refractivity contribution in [2.24, 2.45) is 4.99 Å². The smallest absolute Gasteiger partial charge is 0.355 e. The maximum absolute atomic E-state index is 12.6. The normalized spacial score (nSPS) is 12.1. The first-order chi connectivity index (χ1) is 12.9. The van der Waals surface area contributed by atoms with Crippen molar-refractivity contribution in [1.29, 1.82) is 0 Å². The van der Waals surface area contributed by atoms with E-state index in [1.807, 2.05) is 11.5 Å². The molecule has 0 aliphatic heterocycles. The van der Waals surface area contributed by atoms with Crippen LogP contribution in [-0.4, -0.2) is 57.4 Å². The zero-order chi connectivity index (χ0) is 19.7. The second kappa shape index (κ2) is 9.69. The van der Waals surface area contributed by atoms with Crippen molar-refractivity contribution in [2.75, 3.05) is 32.0 Å². The highest BCUT2D eigenvalue weighted by Crippen LogP contribution is 2.27. The Balaban J connectivity index is 1.71.